The van der Waals surface area contributed by atoms with Crippen LogP contribution in [0.2, 0.25) is 0 Å². The van der Waals surface area contributed by atoms with Gasteiger partial charge in [-0.05, 0) is 42.0 Å². The van der Waals surface area contributed by atoms with E-state index in [0.29, 0.717) is 12.3 Å². The Labute approximate surface area is 133 Å². The summed E-state index contributed by atoms with van der Waals surface area (Å²) >= 11 is 0. The molecule has 2 N–H and O–H groups in total. The van der Waals surface area contributed by atoms with Crippen molar-refractivity contribution in [1.29, 1.82) is 0 Å². The number of benzene rings is 1. The largest absolute Gasteiger partial charge is 0.351 e. The van der Waals surface area contributed by atoms with Gasteiger partial charge in [-0.15, -0.1) is 0 Å². The van der Waals surface area contributed by atoms with Crippen molar-refractivity contribution in [3.05, 3.63) is 47.3 Å². The van der Waals surface area contributed by atoms with Crippen LogP contribution >= 0.6 is 0 Å². The summed E-state index contributed by atoms with van der Waals surface area (Å²) in [5.41, 5.74) is 4.83. The highest BCUT2D eigenvalue weighted by atomic mass is 16.1. The Balaban J connectivity index is 1.66. The fourth-order valence-corrected chi connectivity index (χ4v) is 3.77. The van der Waals surface area contributed by atoms with Crippen LogP contribution in [0.1, 0.15) is 47.9 Å². The first kappa shape index (κ1) is 12.9. The summed E-state index contributed by atoms with van der Waals surface area (Å²) in [6.07, 6.45) is 4.99. The summed E-state index contributed by atoms with van der Waals surface area (Å²) in [5.74, 6) is 1.45. The number of carbonyl (C=O) groups is 1. The van der Waals surface area contributed by atoms with Gasteiger partial charge in [-0.1, -0.05) is 6.07 Å². The van der Waals surface area contributed by atoms with E-state index < -0.39 is 0 Å². The van der Waals surface area contributed by atoms with E-state index >= 15 is 0 Å². The number of fused-ring (bicyclic) bond motifs is 2. The van der Waals surface area contributed by atoms with E-state index in [1.807, 2.05) is 0 Å². The Morgan fingerprint density at radius 1 is 1.26 bits per heavy atom. The molecule has 3 aromatic rings. The predicted octanol–water partition coefficient (Wildman–Crippen LogP) is 3.25. The van der Waals surface area contributed by atoms with Crippen LogP contribution in [0.25, 0.3) is 10.9 Å². The van der Waals surface area contributed by atoms with E-state index in [-0.39, 0.29) is 11.8 Å². The van der Waals surface area contributed by atoms with Crippen LogP contribution in [-0.2, 0) is 11.8 Å². The molecule has 1 aromatic carbocycles. The van der Waals surface area contributed by atoms with Gasteiger partial charge in [0.05, 0.1) is 0 Å². The molecular weight excluding hydrogens is 288 g/mol. The van der Waals surface area contributed by atoms with Gasteiger partial charge in [0.25, 0.3) is 0 Å². The van der Waals surface area contributed by atoms with Gasteiger partial charge in [0.2, 0.25) is 5.91 Å². The first-order valence-corrected chi connectivity index (χ1v) is 8.13. The third-order valence-corrected chi connectivity index (χ3v) is 5.13. The second-order valence-corrected chi connectivity index (χ2v) is 6.72. The van der Waals surface area contributed by atoms with Crippen LogP contribution in [0.3, 0.4) is 0 Å². The number of nitrogens with one attached hydrogen (secondary N) is 2. The maximum absolute atomic E-state index is 12.1. The molecule has 116 valence electrons. The van der Waals surface area contributed by atoms with Gasteiger partial charge < -0.3 is 9.88 Å². The summed E-state index contributed by atoms with van der Waals surface area (Å²) in [7, 11) is 2.05. The Morgan fingerprint density at radius 3 is 2.96 bits per heavy atom. The van der Waals surface area contributed by atoms with Crippen molar-refractivity contribution < 1.29 is 4.79 Å². The van der Waals surface area contributed by atoms with Crippen molar-refractivity contribution in [3.8, 4) is 0 Å². The predicted molar refractivity (Wildman–Crippen MR) is 88.6 cm³/mol. The first-order chi connectivity index (χ1) is 11.2. The number of anilines is 1. The number of rotatable bonds is 2. The average Bonchev–Trinajstić information content (AvgIpc) is 3.21. The highest BCUT2D eigenvalue weighted by Crippen LogP contribution is 2.47. The standard InChI is InChI=1S/C18H18N4O/c1-22-7-6-12-8-11(4-5-14(12)22)13-9-15(23)19-18-16(13)17(20-21-18)10-2-3-10/h4-8,10,13H,2-3,9H2,1H3,(H2,19,20,21,23). The van der Waals surface area contributed by atoms with E-state index in [1.165, 1.54) is 40.6 Å². The maximum Gasteiger partial charge on any atom is 0.226 e. The molecule has 1 aliphatic heterocycles. The van der Waals surface area contributed by atoms with Crippen LogP contribution in [-0.4, -0.2) is 20.7 Å². The number of carbonyl (C=O) groups excluding carboxylic acids is 1. The lowest BCUT2D eigenvalue weighted by molar-refractivity contribution is -0.116. The fourth-order valence-electron chi connectivity index (χ4n) is 3.77. The van der Waals surface area contributed by atoms with Gasteiger partial charge in [0.1, 0.15) is 0 Å². The molecule has 0 radical (unpaired) electrons. The maximum atomic E-state index is 12.1. The molecule has 0 saturated heterocycles. The number of aromatic nitrogens is 3. The van der Waals surface area contributed by atoms with E-state index in [4.69, 9.17) is 0 Å². The smallest absolute Gasteiger partial charge is 0.226 e. The van der Waals surface area contributed by atoms with Gasteiger partial charge in [0.15, 0.2) is 5.82 Å². The Bertz CT molecular complexity index is 932. The van der Waals surface area contributed by atoms with Crippen molar-refractivity contribution in [2.24, 2.45) is 7.05 Å². The molecule has 1 fully saturated rings. The zero-order valence-corrected chi connectivity index (χ0v) is 13.0. The lowest BCUT2D eigenvalue weighted by atomic mass is 9.84. The van der Waals surface area contributed by atoms with Crippen LogP contribution in [0.4, 0.5) is 5.82 Å². The molecule has 5 nitrogen and oxygen atoms in total. The molecule has 23 heavy (non-hydrogen) atoms. The van der Waals surface area contributed by atoms with Gasteiger partial charge in [-0.3, -0.25) is 9.89 Å². The van der Waals surface area contributed by atoms with Crippen LogP contribution in [0, 0.1) is 0 Å². The minimum atomic E-state index is 0.0458. The van der Waals surface area contributed by atoms with E-state index in [9.17, 15) is 4.79 Å². The second kappa shape index (κ2) is 4.47. The van der Waals surface area contributed by atoms with Crippen LogP contribution in [0.5, 0.6) is 0 Å². The molecule has 2 aliphatic rings. The molecule has 1 amide bonds. The number of aryl methyl sites for hydroxylation is 1. The second-order valence-electron chi connectivity index (χ2n) is 6.72. The molecule has 1 aliphatic carbocycles. The summed E-state index contributed by atoms with van der Waals surface area (Å²) < 4.78 is 2.12. The number of nitrogens with zero attached hydrogens (tertiary/aromatic N) is 2. The zero-order valence-electron chi connectivity index (χ0n) is 13.0. The first-order valence-electron chi connectivity index (χ1n) is 8.13. The Kier molecular flexibility index (Phi) is 2.52. The molecule has 5 heteroatoms. The van der Waals surface area contributed by atoms with E-state index in [0.717, 1.165) is 5.82 Å². The number of hydrogen-bond acceptors (Lipinski definition) is 2. The molecule has 1 atom stereocenters. The van der Waals surface area contributed by atoms with E-state index in [2.05, 4.69) is 57.6 Å². The summed E-state index contributed by atoms with van der Waals surface area (Å²) in [6.45, 7) is 0. The van der Waals surface area contributed by atoms with Crippen molar-refractivity contribution >= 4 is 22.6 Å². The Morgan fingerprint density at radius 2 is 2.13 bits per heavy atom. The fraction of sp³-hybridized carbons (Fsp3) is 0.333. The van der Waals surface area contributed by atoms with Gasteiger partial charge in [-0.25, -0.2) is 0 Å². The molecule has 0 spiro atoms. The minimum Gasteiger partial charge on any atom is -0.351 e. The van der Waals surface area contributed by atoms with Crippen molar-refractivity contribution in [2.45, 2.75) is 31.1 Å². The summed E-state index contributed by atoms with van der Waals surface area (Å²) in [4.78, 5) is 12.1. The van der Waals surface area contributed by atoms with Gasteiger partial charge >= 0.3 is 0 Å². The molecule has 0 bridgehead atoms. The van der Waals surface area contributed by atoms with Crippen molar-refractivity contribution in [3.63, 3.8) is 0 Å². The number of amides is 1. The average molecular weight is 306 g/mol. The van der Waals surface area contributed by atoms with E-state index in [1.54, 1.807) is 0 Å². The lowest BCUT2D eigenvalue weighted by Gasteiger charge is -2.23. The van der Waals surface area contributed by atoms with Crippen LogP contribution in [0.15, 0.2) is 30.5 Å². The quantitative estimate of drug-likeness (QED) is 0.763. The third-order valence-electron chi connectivity index (χ3n) is 5.13. The van der Waals surface area contributed by atoms with Crippen molar-refractivity contribution in [1.82, 2.24) is 14.8 Å². The topological polar surface area (TPSA) is 62.7 Å². The number of hydrogen-bond donors (Lipinski definition) is 2. The number of aromatic amines is 1. The summed E-state index contributed by atoms with van der Waals surface area (Å²) in [5, 5.41) is 11.7. The molecular formula is C18H18N4O. The van der Waals surface area contributed by atoms with Gasteiger partial charge in [0, 0.05) is 48.3 Å². The highest BCUT2D eigenvalue weighted by Gasteiger charge is 2.37. The lowest BCUT2D eigenvalue weighted by Crippen LogP contribution is -2.23. The van der Waals surface area contributed by atoms with Gasteiger partial charge in [-0.2, -0.15) is 5.10 Å². The zero-order chi connectivity index (χ0) is 15.6. The SMILES string of the molecule is Cn1ccc2cc(C3CC(=O)Nc4n[nH]c(C5CC5)c43)ccc21. The molecule has 2 aromatic heterocycles. The Hall–Kier alpha value is -2.56. The van der Waals surface area contributed by atoms with Crippen LogP contribution < -0.4 is 5.32 Å². The molecule has 5 rings (SSSR count). The molecule has 1 saturated carbocycles. The minimum absolute atomic E-state index is 0.0458. The summed E-state index contributed by atoms with van der Waals surface area (Å²) in [6, 6.07) is 8.64. The monoisotopic (exact) mass is 306 g/mol. The van der Waals surface area contributed by atoms with Crippen molar-refractivity contribution in [2.75, 3.05) is 5.32 Å². The normalized spacial score (nSPS) is 20.6. The molecule has 3 heterocycles. The molecule has 1 unspecified atom stereocenters. The highest BCUT2D eigenvalue weighted by molar-refractivity contribution is 5.95. The number of H-pyrrole nitrogens is 1. The third kappa shape index (κ3) is 1.92.